The van der Waals surface area contributed by atoms with E-state index < -0.39 is 5.91 Å². The number of terminal acetylenes is 1. The van der Waals surface area contributed by atoms with Crippen LogP contribution in [0.2, 0.25) is 0 Å². The molecule has 2 N–H and O–H groups in total. The molecule has 0 bridgehead atoms. The van der Waals surface area contributed by atoms with Gasteiger partial charge in [0.2, 0.25) is 5.91 Å². The van der Waals surface area contributed by atoms with Crippen molar-refractivity contribution in [3.63, 3.8) is 0 Å². The molecule has 0 aliphatic rings. The molecule has 0 fully saturated rings. The lowest BCUT2D eigenvalue weighted by Gasteiger charge is -2.08. The van der Waals surface area contributed by atoms with Gasteiger partial charge in [0.05, 0.1) is 0 Å². The molecule has 27 heavy (non-hydrogen) atoms. The van der Waals surface area contributed by atoms with Gasteiger partial charge in [-0.3, -0.25) is 9.59 Å². The number of nitrogens with zero attached hydrogens (tertiary/aromatic N) is 1. The van der Waals surface area contributed by atoms with Gasteiger partial charge in [0.1, 0.15) is 24.0 Å². The van der Waals surface area contributed by atoms with E-state index in [-0.39, 0.29) is 18.1 Å². The summed E-state index contributed by atoms with van der Waals surface area (Å²) in [7, 11) is 0. The van der Waals surface area contributed by atoms with E-state index in [9.17, 15) is 14.9 Å². The second-order valence-corrected chi connectivity index (χ2v) is 5.41. The van der Waals surface area contributed by atoms with Crippen LogP contribution in [0, 0.1) is 23.7 Å². The first-order valence-corrected chi connectivity index (χ1v) is 7.99. The molecule has 0 saturated heterocycles. The molecule has 2 rings (SSSR count). The molecular weight excluding hydrogens is 342 g/mol. The first-order chi connectivity index (χ1) is 13.0. The Kier molecular flexibility index (Phi) is 6.76. The van der Waals surface area contributed by atoms with Gasteiger partial charge in [-0.25, -0.2) is 0 Å². The Bertz CT molecular complexity index is 948. The lowest BCUT2D eigenvalue weighted by atomic mass is 10.1. The Labute approximate surface area is 157 Å². The van der Waals surface area contributed by atoms with Crippen LogP contribution in [0.4, 0.5) is 11.4 Å². The molecule has 0 atom stereocenters. The molecule has 6 nitrogen and oxygen atoms in total. The average molecular weight is 359 g/mol. The van der Waals surface area contributed by atoms with E-state index in [4.69, 9.17) is 11.2 Å². The van der Waals surface area contributed by atoms with Gasteiger partial charge in [0.15, 0.2) is 0 Å². The van der Waals surface area contributed by atoms with Crippen LogP contribution in [-0.4, -0.2) is 18.4 Å². The molecule has 0 spiro atoms. The van der Waals surface area contributed by atoms with Gasteiger partial charge in [-0.05, 0) is 36.4 Å². The second kappa shape index (κ2) is 9.45. The molecule has 0 radical (unpaired) electrons. The van der Waals surface area contributed by atoms with Crippen LogP contribution >= 0.6 is 0 Å². The van der Waals surface area contributed by atoms with Crippen molar-refractivity contribution in [2.45, 2.75) is 6.92 Å². The van der Waals surface area contributed by atoms with Crippen LogP contribution < -0.4 is 15.4 Å². The van der Waals surface area contributed by atoms with Crippen LogP contribution in [0.5, 0.6) is 5.75 Å². The quantitative estimate of drug-likeness (QED) is 0.471. The number of hydrogen-bond donors (Lipinski definition) is 2. The van der Waals surface area contributed by atoms with Crippen LogP contribution in [0.1, 0.15) is 12.5 Å². The SMILES string of the molecule is C#CCOc1ccccc1/C=C(\C#N)C(=O)Nc1ccc(NC(C)=O)cc1. The van der Waals surface area contributed by atoms with Crippen molar-refractivity contribution in [1.29, 1.82) is 5.26 Å². The number of carbonyl (C=O) groups excluding carboxylic acids is 2. The number of benzene rings is 2. The standard InChI is InChI=1S/C21H17N3O3/c1-3-12-27-20-7-5-4-6-16(20)13-17(14-22)21(26)24-19-10-8-18(9-11-19)23-15(2)25/h1,4-11,13H,12H2,2H3,(H,23,25)(H,24,26)/b17-13+. The summed E-state index contributed by atoms with van der Waals surface area (Å²) in [4.78, 5) is 23.4. The summed E-state index contributed by atoms with van der Waals surface area (Å²) in [6.45, 7) is 1.49. The maximum Gasteiger partial charge on any atom is 0.266 e. The predicted octanol–water partition coefficient (Wildman–Crippen LogP) is 3.20. The lowest BCUT2D eigenvalue weighted by Crippen LogP contribution is -2.13. The van der Waals surface area contributed by atoms with E-state index >= 15 is 0 Å². The van der Waals surface area contributed by atoms with Crippen molar-refractivity contribution in [1.82, 2.24) is 0 Å². The first kappa shape index (κ1) is 19.3. The smallest absolute Gasteiger partial charge is 0.266 e. The largest absolute Gasteiger partial charge is 0.480 e. The minimum atomic E-state index is -0.559. The summed E-state index contributed by atoms with van der Waals surface area (Å²) in [5, 5.41) is 14.6. The van der Waals surface area contributed by atoms with Gasteiger partial charge in [0.25, 0.3) is 5.91 Å². The van der Waals surface area contributed by atoms with E-state index in [0.29, 0.717) is 22.7 Å². The molecule has 134 valence electrons. The van der Waals surface area contributed by atoms with Gasteiger partial charge >= 0.3 is 0 Å². The topological polar surface area (TPSA) is 91.2 Å². The van der Waals surface area contributed by atoms with Crippen LogP contribution in [-0.2, 0) is 9.59 Å². The molecule has 0 heterocycles. The average Bonchev–Trinajstić information content (AvgIpc) is 2.66. The Morgan fingerprint density at radius 2 is 1.74 bits per heavy atom. The Hall–Kier alpha value is -4.03. The van der Waals surface area contributed by atoms with E-state index in [2.05, 4.69) is 16.6 Å². The van der Waals surface area contributed by atoms with Crippen LogP contribution in [0.25, 0.3) is 6.08 Å². The lowest BCUT2D eigenvalue weighted by molar-refractivity contribution is -0.114. The number of anilines is 2. The Morgan fingerprint density at radius 3 is 2.33 bits per heavy atom. The molecule has 0 aliphatic carbocycles. The molecule has 0 aromatic heterocycles. The van der Waals surface area contributed by atoms with Crippen molar-refractivity contribution < 1.29 is 14.3 Å². The zero-order valence-electron chi connectivity index (χ0n) is 14.7. The molecular formula is C21H17N3O3. The number of hydrogen-bond acceptors (Lipinski definition) is 4. The summed E-state index contributed by atoms with van der Waals surface area (Å²) in [6, 6.07) is 15.4. The number of rotatable bonds is 6. The van der Waals surface area contributed by atoms with Gasteiger partial charge in [0, 0.05) is 23.9 Å². The van der Waals surface area contributed by atoms with Gasteiger partial charge in [-0.1, -0.05) is 24.1 Å². The van der Waals surface area contributed by atoms with E-state index in [1.165, 1.54) is 13.0 Å². The number of nitriles is 1. The summed E-state index contributed by atoms with van der Waals surface area (Å²) in [5.74, 6) is 2.10. The van der Waals surface area contributed by atoms with Crippen molar-refractivity contribution in [2.75, 3.05) is 17.2 Å². The Balaban J connectivity index is 2.17. The maximum absolute atomic E-state index is 12.4. The van der Waals surface area contributed by atoms with Gasteiger partial charge < -0.3 is 15.4 Å². The normalized spacial score (nSPS) is 10.3. The second-order valence-electron chi connectivity index (χ2n) is 5.41. The summed E-state index contributed by atoms with van der Waals surface area (Å²) in [6.07, 6.45) is 6.63. The highest BCUT2D eigenvalue weighted by Gasteiger charge is 2.11. The first-order valence-electron chi connectivity index (χ1n) is 7.99. The maximum atomic E-state index is 12.4. The fraction of sp³-hybridized carbons (Fsp3) is 0.0952. The third-order valence-electron chi connectivity index (χ3n) is 3.36. The molecule has 6 heteroatoms. The molecule has 2 aromatic rings. The van der Waals surface area contributed by atoms with E-state index in [0.717, 1.165) is 0 Å². The molecule has 0 saturated carbocycles. The summed E-state index contributed by atoms with van der Waals surface area (Å²) in [5.41, 5.74) is 1.58. The number of para-hydroxylation sites is 1. The van der Waals surface area contributed by atoms with Crippen molar-refractivity contribution in [3.8, 4) is 24.2 Å². The minimum absolute atomic E-state index is 0.0829. The monoisotopic (exact) mass is 359 g/mol. The summed E-state index contributed by atoms with van der Waals surface area (Å²) >= 11 is 0. The molecule has 0 aliphatic heterocycles. The van der Waals surface area contributed by atoms with Crippen molar-refractivity contribution in [3.05, 3.63) is 59.7 Å². The molecule has 2 amide bonds. The molecule has 0 unspecified atom stereocenters. The van der Waals surface area contributed by atoms with Crippen molar-refractivity contribution in [2.24, 2.45) is 0 Å². The third kappa shape index (κ3) is 5.77. The number of nitrogens with one attached hydrogen (secondary N) is 2. The fourth-order valence-electron chi connectivity index (χ4n) is 2.19. The zero-order chi connectivity index (χ0) is 19.6. The van der Waals surface area contributed by atoms with Gasteiger partial charge in [-0.15, -0.1) is 6.42 Å². The predicted molar refractivity (Wildman–Crippen MR) is 104 cm³/mol. The van der Waals surface area contributed by atoms with Gasteiger partial charge in [-0.2, -0.15) is 5.26 Å². The molecule has 2 aromatic carbocycles. The van der Waals surface area contributed by atoms with Crippen LogP contribution in [0.3, 0.4) is 0 Å². The highest BCUT2D eigenvalue weighted by atomic mass is 16.5. The highest BCUT2D eigenvalue weighted by molar-refractivity contribution is 6.09. The zero-order valence-corrected chi connectivity index (χ0v) is 14.7. The fourth-order valence-corrected chi connectivity index (χ4v) is 2.19. The summed E-state index contributed by atoms with van der Waals surface area (Å²) < 4.78 is 5.42. The van der Waals surface area contributed by atoms with Crippen molar-refractivity contribution >= 4 is 29.3 Å². The third-order valence-corrected chi connectivity index (χ3v) is 3.36. The minimum Gasteiger partial charge on any atom is -0.480 e. The Morgan fingerprint density at radius 1 is 1.11 bits per heavy atom. The number of amides is 2. The van der Waals surface area contributed by atoms with E-state index in [1.54, 1.807) is 48.5 Å². The van der Waals surface area contributed by atoms with Crippen LogP contribution in [0.15, 0.2) is 54.1 Å². The number of carbonyl (C=O) groups is 2. The highest BCUT2D eigenvalue weighted by Crippen LogP contribution is 2.21. The van der Waals surface area contributed by atoms with E-state index in [1.807, 2.05) is 6.07 Å². The number of ether oxygens (including phenoxy) is 1.